The van der Waals surface area contributed by atoms with Crippen LogP contribution in [0.1, 0.15) is 23.5 Å². The average Bonchev–Trinajstić information content (AvgIpc) is 2.72. The third kappa shape index (κ3) is 1.08. The number of hydrogen-bond acceptors (Lipinski definition) is 2. The number of fused-ring (bicyclic) bond motifs is 3. The van der Waals surface area contributed by atoms with Crippen LogP contribution in [0.3, 0.4) is 0 Å². The van der Waals surface area contributed by atoms with Gasteiger partial charge in [0, 0.05) is 17.9 Å². The van der Waals surface area contributed by atoms with E-state index in [4.69, 9.17) is 5.11 Å². The summed E-state index contributed by atoms with van der Waals surface area (Å²) in [7, 11) is 0. The molecule has 0 amide bonds. The largest absolute Gasteiger partial charge is 0.515 e. The van der Waals surface area contributed by atoms with Crippen molar-refractivity contribution in [2.24, 2.45) is 5.92 Å². The van der Waals surface area contributed by atoms with Crippen molar-refractivity contribution in [2.45, 2.75) is 18.8 Å². The van der Waals surface area contributed by atoms with Gasteiger partial charge in [-0.3, -0.25) is 4.79 Å². The van der Waals surface area contributed by atoms with Gasteiger partial charge in [-0.2, -0.15) is 0 Å². The van der Waals surface area contributed by atoms with Crippen LogP contribution in [0, 0.1) is 5.92 Å². The molecule has 0 spiro atoms. The molecule has 0 heterocycles. The van der Waals surface area contributed by atoms with Crippen molar-refractivity contribution < 1.29 is 9.90 Å². The predicted molar refractivity (Wildman–Crippen MR) is 56.7 cm³/mol. The monoisotopic (exact) mass is 200 g/mol. The summed E-state index contributed by atoms with van der Waals surface area (Å²) >= 11 is 0. The lowest BCUT2D eigenvalue weighted by Gasteiger charge is -2.08. The van der Waals surface area contributed by atoms with E-state index >= 15 is 0 Å². The quantitative estimate of drug-likeness (QED) is 0.515. The van der Waals surface area contributed by atoms with Gasteiger partial charge in [0.25, 0.3) is 0 Å². The van der Waals surface area contributed by atoms with Gasteiger partial charge in [0.15, 0.2) is 5.78 Å². The fraction of sp³-hybridized carbons (Fsp3) is 0.308. The molecule has 1 N–H and O–H groups in total. The van der Waals surface area contributed by atoms with Crippen molar-refractivity contribution >= 4 is 5.78 Å². The van der Waals surface area contributed by atoms with Crippen LogP contribution in [0.4, 0.5) is 0 Å². The van der Waals surface area contributed by atoms with Gasteiger partial charge in [0.2, 0.25) is 0 Å². The molecule has 2 nitrogen and oxygen atoms in total. The second kappa shape index (κ2) is 2.96. The predicted octanol–water partition coefficient (Wildman–Crippen LogP) is 2.36. The van der Waals surface area contributed by atoms with Gasteiger partial charge in [-0.1, -0.05) is 24.3 Å². The number of benzene rings is 1. The van der Waals surface area contributed by atoms with Crippen LogP contribution in [0.25, 0.3) is 0 Å². The molecule has 0 bridgehead atoms. The number of hydrogen-bond donors (Lipinski definition) is 1. The van der Waals surface area contributed by atoms with Gasteiger partial charge in [-0.25, -0.2) is 0 Å². The molecule has 2 unspecified atom stereocenters. The number of allylic oxidation sites excluding steroid dienone is 1. The molecule has 1 fully saturated rings. The summed E-state index contributed by atoms with van der Waals surface area (Å²) in [5.41, 5.74) is 3.25. The number of rotatable bonds is 0. The standard InChI is InChI=1S/C13H12O2/c14-7-12-10-5-8-3-1-2-4-9(8)11(10)6-13(12)15/h1-4,7,10-11,14H,5-6H2/b12-7-. The Morgan fingerprint density at radius 2 is 2.00 bits per heavy atom. The summed E-state index contributed by atoms with van der Waals surface area (Å²) in [4.78, 5) is 11.6. The zero-order valence-electron chi connectivity index (χ0n) is 8.31. The first-order valence-electron chi connectivity index (χ1n) is 5.26. The maximum Gasteiger partial charge on any atom is 0.162 e. The minimum absolute atomic E-state index is 0.113. The molecule has 3 rings (SSSR count). The van der Waals surface area contributed by atoms with E-state index in [1.54, 1.807) is 0 Å². The maximum atomic E-state index is 11.6. The highest BCUT2D eigenvalue weighted by Gasteiger charge is 2.43. The van der Waals surface area contributed by atoms with Gasteiger partial charge < -0.3 is 5.11 Å². The second-order valence-electron chi connectivity index (χ2n) is 4.33. The van der Waals surface area contributed by atoms with E-state index in [2.05, 4.69) is 12.1 Å². The van der Waals surface area contributed by atoms with Crippen molar-refractivity contribution in [3.63, 3.8) is 0 Å². The van der Waals surface area contributed by atoms with Gasteiger partial charge in [0.05, 0.1) is 6.26 Å². The summed E-state index contributed by atoms with van der Waals surface area (Å²) in [5.74, 6) is 0.647. The molecule has 0 aliphatic heterocycles. The smallest absolute Gasteiger partial charge is 0.162 e. The summed E-state index contributed by atoms with van der Waals surface area (Å²) in [6, 6.07) is 8.27. The van der Waals surface area contributed by atoms with E-state index in [1.165, 1.54) is 11.1 Å². The fourth-order valence-corrected chi connectivity index (χ4v) is 2.95. The summed E-state index contributed by atoms with van der Waals surface area (Å²) in [5, 5.41) is 9.08. The minimum atomic E-state index is 0.113. The molecule has 0 aromatic heterocycles. The highest BCUT2D eigenvalue weighted by molar-refractivity contribution is 5.99. The summed E-state index contributed by atoms with van der Waals surface area (Å²) in [6.45, 7) is 0. The average molecular weight is 200 g/mol. The maximum absolute atomic E-state index is 11.6. The Morgan fingerprint density at radius 1 is 1.20 bits per heavy atom. The minimum Gasteiger partial charge on any atom is -0.515 e. The van der Waals surface area contributed by atoms with Gasteiger partial charge in [0.1, 0.15) is 0 Å². The van der Waals surface area contributed by atoms with E-state index in [-0.39, 0.29) is 11.7 Å². The van der Waals surface area contributed by atoms with Gasteiger partial charge in [-0.05, 0) is 23.5 Å². The molecule has 2 atom stereocenters. The number of aliphatic hydroxyl groups excluding tert-OH is 1. The van der Waals surface area contributed by atoms with Crippen LogP contribution in [0.2, 0.25) is 0 Å². The topological polar surface area (TPSA) is 37.3 Å². The lowest BCUT2D eigenvalue weighted by Crippen LogP contribution is -2.03. The second-order valence-corrected chi connectivity index (χ2v) is 4.33. The Balaban J connectivity index is 2.08. The number of aliphatic hydroxyl groups is 1. The van der Waals surface area contributed by atoms with E-state index in [1.807, 2.05) is 12.1 Å². The van der Waals surface area contributed by atoms with Gasteiger partial charge in [-0.15, -0.1) is 0 Å². The molecule has 1 aromatic carbocycles. The first-order chi connectivity index (χ1) is 7.31. The van der Waals surface area contributed by atoms with Crippen LogP contribution >= 0.6 is 0 Å². The third-order valence-electron chi connectivity index (χ3n) is 3.65. The molecular weight excluding hydrogens is 188 g/mol. The van der Waals surface area contributed by atoms with Crippen LogP contribution < -0.4 is 0 Å². The number of carbonyl (C=O) groups is 1. The molecule has 0 saturated heterocycles. The molecule has 2 aliphatic carbocycles. The lowest BCUT2D eigenvalue weighted by atomic mass is 9.95. The number of ketones is 1. The summed E-state index contributed by atoms with van der Waals surface area (Å²) < 4.78 is 0. The van der Waals surface area contributed by atoms with E-state index in [0.717, 1.165) is 12.7 Å². The van der Waals surface area contributed by atoms with E-state index < -0.39 is 0 Å². The Hall–Kier alpha value is -1.57. The number of Topliss-reactive ketones (excluding diaryl/α,β-unsaturated/α-hetero) is 1. The third-order valence-corrected chi connectivity index (χ3v) is 3.65. The normalized spacial score (nSPS) is 30.7. The van der Waals surface area contributed by atoms with Crippen LogP contribution in [0.15, 0.2) is 36.1 Å². The van der Waals surface area contributed by atoms with Crippen molar-refractivity contribution in [2.75, 3.05) is 0 Å². The summed E-state index contributed by atoms with van der Waals surface area (Å²) in [6.07, 6.45) is 2.48. The van der Waals surface area contributed by atoms with Crippen LogP contribution in [-0.2, 0) is 11.2 Å². The van der Waals surface area contributed by atoms with E-state index in [9.17, 15) is 4.79 Å². The van der Waals surface area contributed by atoms with Crippen molar-refractivity contribution in [1.82, 2.24) is 0 Å². The highest BCUT2D eigenvalue weighted by atomic mass is 16.2. The van der Waals surface area contributed by atoms with E-state index in [0.29, 0.717) is 17.9 Å². The van der Waals surface area contributed by atoms with Crippen LogP contribution in [0.5, 0.6) is 0 Å². The zero-order chi connectivity index (χ0) is 10.4. The molecular formula is C13H12O2. The lowest BCUT2D eigenvalue weighted by molar-refractivity contribution is -0.114. The van der Waals surface area contributed by atoms with Crippen molar-refractivity contribution in [3.05, 3.63) is 47.2 Å². The Morgan fingerprint density at radius 3 is 2.80 bits per heavy atom. The molecule has 15 heavy (non-hydrogen) atoms. The van der Waals surface area contributed by atoms with Gasteiger partial charge >= 0.3 is 0 Å². The Bertz CT molecular complexity index is 459. The fourth-order valence-electron chi connectivity index (χ4n) is 2.95. The first-order valence-corrected chi connectivity index (χ1v) is 5.26. The molecule has 2 aliphatic rings. The van der Waals surface area contributed by atoms with Crippen molar-refractivity contribution in [1.29, 1.82) is 0 Å². The molecule has 76 valence electrons. The molecule has 1 saturated carbocycles. The van der Waals surface area contributed by atoms with Crippen molar-refractivity contribution in [3.8, 4) is 0 Å². The molecule has 0 radical (unpaired) electrons. The van der Waals surface area contributed by atoms with Crippen LogP contribution in [-0.4, -0.2) is 10.9 Å². The Kier molecular flexibility index (Phi) is 1.72. The SMILES string of the molecule is O=C1CC2c3ccccc3CC2/C1=C/O. The number of carbonyl (C=O) groups excluding carboxylic acids is 1. The Labute approximate surface area is 88.2 Å². The highest BCUT2D eigenvalue weighted by Crippen LogP contribution is 2.49. The first kappa shape index (κ1) is 8.72. The molecule has 2 heteroatoms. The molecule has 1 aromatic rings. The zero-order valence-corrected chi connectivity index (χ0v) is 8.31.